The Bertz CT molecular complexity index is 55.4. The van der Waals surface area contributed by atoms with Gasteiger partial charge in [-0.1, -0.05) is 0 Å². The Hall–Kier alpha value is -0.120. The molecular formula is C5H13NO2. The van der Waals surface area contributed by atoms with Crippen LogP contribution < -0.4 is 5.73 Å². The molecule has 0 saturated carbocycles. The summed E-state index contributed by atoms with van der Waals surface area (Å²) in [6.45, 7) is 3.16. The van der Waals surface area contributed by atoms with Crippen molar-refractivity contribution in [2.45, 2.75) is 32.1 Å². The van der Waals surface area contributed by atoms with E-state index in [1.807, 2.05) is 0 Å². The van der Waals surface area contributed by atoms with Gasteiger partial charge < -0.3 is 15.9 Å². The van der Waals surface area contributed by atoms with Crippen LogP contribution in [0, 0.1) is 0 Å². The molecule has 0 aliphatic carbocycles. The molecule has 3 unspecified atom stereocenters. The number of nitrogens with two attached hydrogens (primary N) is 1. The van der Waals surface area contributed by atoms with Crippen molar-refractivity contribution >= 4 is 0 Å². The van der Waals surface area contributed by atoms with Crippen LogP contribution in [0.1, 0.15) is 13.8 Å². The number of aliphatic hydroxyl groups excluding tert-OH is 2. The summed E-state index contributed by atoms with van der Waals surface area (Å²) in [5.41, 5.74) is 5.23. The van der Waals surface area contributed by atoms with Crippen molar-refractivity contribution in [1.29, 1.82) is 0 Å². The van der Waals surface area contributed by atoms with E-state index in [1.165, 1.54) is 6.92 Å². The molecule has 0 heterocycles. The van der Waals surface area contributed by atoms with E-state index in [1.54, 1.807) is 6.92 Å². The minimum atomic E-state index is -0.796. The van der Waals surface area contributed by atoms with Crippen molar-refractivity contribution in [3.05, 3.63) is 0 Å². The highest BCUT2D eigenvalue weighted by Gasteiger charge is 2.14. The lowest BCUT2D eigenvalue weighted by molar-refractivity contribution is 0.0188. The van der Waals surface area contributed by atoms with Gasteiger partial charge in [0.25, 0.3) is 0 Å². The zero-order valence-electron chi connectivity index (χ0n) is 5.20. The van der Waals surface area contributed by atoms with Crippen LogP contribution in [0.5, 0.6) is 0 Å². The Morgan fingerprint density at radius 1 is 1.25 bits per heavy atom. The summed E-state index contributed by atoms with van der Waals surface area (Å²) in [6.07, 6.45) is -1.52. The summed E-state index contributed by atoms with van der Waals surface area (Å²) >= 11 is 0. The van der Waals surface area contributed by atoms with Gasteiger partial charge in [-0.3, -0.25) is 0 Å². The van der Waals surface area contributed by atoms with Crippen LogP contribution in [0.15, 0.2) is 0 Å². The molecule has 0 aromatic heterocycles. The van der Waals surface area contributed by atoms with E-state index in [-0.39, 0.29) is 6.04 Å². The summed E-state index contributed by atoms with van der Waals surface area (Å²) < 4.78 is 0. The standard InChI is InChI=1S/C5H13NO2/c1-3(6)5(8)4(2)7/h3-5,7-8H,6H2,1-2H3. The lowest BCUT2D eigenvalue weighted by Gasteiger charge is -2.16. The average molecular weight is 119 g/mol. The van der Waals surface area contributed by atoms with Gasteiger partial charge in [0.2, 0.25) is 0 Å². The molecule has 3 atom stereocenters. The number of rotatable bonds is 2. The second-order valence-electron chi connectivity index (χ2n) is 2.09. The molecule has 0 aliphatic heterocycles. The quantitative estimate of drug-likeness (QED) is 0.440. The van der Waals surface area contributed by atoms with Crippen LogP contribution in [0.4, 0.5) is 0 Å². The fourth-order valence-corrected chi connectivity index (χ4v) is 0.439. The van der Waals surface area contributed by atoms with Gasteiger partial charge in [-0.2, -0.15) is 0 Å². The topological polar surface area (TPSA) is 66.5 Å². The van der Waals surface area contributed by atoms with Gasteiger partial charge in [0.1, 0.15) is 0 Å². The first-order valence-corrected chi connectivity index (χ1v) is 2.67. The normalized spacial score (nSPS) is 22.1. The molecular weight excluding hydrogens is 106 g/mol. The Balaban J connectivity index is 3.46. The maximum Gasteiger partial charge on any atom is 0.0943 e. The number of aliphatic hydroxyl groups is 2. The van der Waals surface area contributed by atoms with Gasteiger partial charge >= 0.3 is 0 Å². The predicted octanol–water partition coefficient (Wildman–Crippen LogP) is -0.925. The minimum Gasteiger partial charge on any atom is -0.391 e. The second-order valence-corrected chi connectivity index (χ2v) is 2.09. The maximum atomic E-state index is 8.83. The lowest BCUT2D eigenvalue weighted by atomic mass is 10.1. The van der Waals surface area contributed by atoms with Crippen LogP contribution in [-0.4, -0.2) is 28.5 Å². The molecule has 3 nitrogen and oxygen atoms in total. The van der Waals surface area contributed by atoms with Gasteiger partial charge in [0, 0.05) is 6.04 Å². The molecule has 4 N–H and O–H groups in total. The maximum absolute atomic E-state index is 8.83. The first-order chi connectivity index (χ1) is 3.55. The van der Waals surface area contributed by atoms with Crippen molar-refractivity contribution in [2.24, 2.45) is 5.73 Å². The summed E-state index contributed by atoms with van der Waals surface area (Å²) in [5, 5.41) is 17.5. The Morgan fingerprint density at radius 3 is 1.62 bits per heavy atom. The van der Waals surface area contributed by atoms with Crippen LogP contribution in [-0.2, 0) is 0 Å². The van der Waals surface area contributed by atoms with Gasteiger partial charge in [-0.05, 0) is 13.8 Å². The average Bonchev–Trinajstić information content (AvgIpc) is 1.64. The van der Waals surface area contributed by atoms with Crippen LogP contribution >= 0.6 is 0 Å². The van der Waals surface area contributed by atoms with Crippen LogP contribution in [0.25, 0.3) is 0 Å². The largest absolute Gasteiger partial charge is 0.391 e. The Labute approximate surface area is 49.1 Å². The first kappa shape index (κ1) is 7.88. The predicted molar refractivity (Wildman–Crippen MR) is 31.3 cm³/mol. The monoisotopic (exact) mass is 119 g/mol. The molecule has 0 aliphatic rings. The highest BCUT2D eigenvalue weighted by molar-refractivity contribution is 4.70. The van der Waals surface area contributed by atoms with Crippen molar-refractivity contribution < 1.29 is 10.2 Å². The van der Waals surface area contributed by atoms with E-state index in [0.717, 1.165) is 0 Å². The van der Waals surface area contributed by atoms with E-state index in [2.05, 4.69) is 0 Å². The summed E-state index contributed by atoms with van der Waals surface area (Å²) in [7, 11) is 0. The molecule has 0 radical (unpaired) electrons. The van der Waals surface area contributed by atoms with Gasteiger partial charge in [-0.25, -0.2) is 0 Å². The molecule has 0 aromatic rings. The second kappa shape index (κ2) is 3.02. The highest BCUT2D eigenvalue weighted by Crippen LogP contribution is 1.94. The van der Waals surface area contributed by atoms with Gasteiger partial charge in [0.15, 0.2) is 0 Å². The zero-order chi connectivity index (χ0) is 6.73. The molecule has 50 valence electrons. The summed E-state index contributed by atoms with van der Waals surface area (Å²) in [5.74, 6) is 0. The fourth-order valence-electron chi connectivity index (χ4n) is 0.439. The third kappa shape index (κ3) is 2.26. The molecule has 0 saturated heterocycles. The van der Waals surface area contributed by atoms with Crippen molar-refractivity contribution in [3.8, 4) is 0 Å². The van der Waals surface area contributed by atoms with Gasteiger partial charge in [0.05, 0.1) is 12.2 Å². The zero-order valence-corrected chi connectivity index (χ0v) is 5.20. The first-order valence-electron chi connectivity index (χ1n) is 2.67. The van der Waals surface area contributed by atoms with E-state index in [9.17, 15) is 0 Å². The third-order valence-corrected chi connectivity index (χ3v) is 1.03. The molecule has 0 fully saturated rings. The SMILES string of the molecule is CC(N)C(O)C(C)O. The summed E-state index contributed by atoms with van der Waals surface area (Å²) in [4.78, 5) is 0. The molecule has 0 rings (SSSR count). The Kier molecular flexibility index (Phi) is 2.97. The smallest absolute Gasteiger partial charge is 0.0943 e. The molecule has 3 heteroatoms. The van der Waals surface area contributed by atoms with Crippen LogP contribution in [0.3, 0.4) is 0 Å². The fraction of sp³-hybridized carbons (Fsp3) is 1.00. The van der Waals surface area contributed by atoms with Crippen molar-refractivity contribution in [3.63, 3.8) is 0 Å². The number of hydrogen-bond donors (Lipinski definition) is 3. The summed E-state index contributed by atoms with van der Waals surface area (Å²) in [6, 6.07) is -0.352. The van der Waals surface area contributed by atoms with Crippen molar-refractivity contribution in [2.75, 3.05) is 0 Å². The molecule has 0 amide bonds. The van der Waals surface area contributed by atoms with E-state index in [0.29, 0.717) is 0 Å². The number of hydrogen-bond acceptors (Lipinski definition) is 3. The van der Waals surface area contributed by atoms with Crippen molar-refractivity contribution in [1.82, 2.24) is 0 Å². The molecule has 8 heavy (non-hydrogen) atoms. The molecule has 0 bridgehead atoms. The minimum absolute atomic E-state index is 0.352. The highest BCUT2D eigenvalue weighted by atomic mass is 16.3. The molecule has 0 spiro atoms. The lowest BCUT2D eigenvalue weighted by Crippen LogP contribution is -2.39. The third-order valence-electron chi connectivity index (χ3n) is 1.03. The Morgan fingerprint density at radius 2 is 1.62 bits per heavy atom. The van der Waals surface area contributed by atoms with Gasteiger partial charge in [-0.15, -0.1) is 0 Å². The van der Waals surface area contributed by atoms with E-state index >= 15 is 0 Å². The van der Waals surface area contributed by atoms with Crippen LogP contribution in [0.2, 0.25) is 0 Å². The van der Waals surface area contributed by atoms with E-state index in [4.69, 9.17) is 15.9 Å². The van der Waals surface area contributed by atoms with E-state index < -0.39 is 12.2 Å². The molecule has 0 aromatic carbocycles.